The van der Waals surface area contributed by atoms with E-state index in [0.29, 0.717) is 32.5 Å². The molecule has 2 saturated heterocycles. The number of amides is 3. The molecule has 0 spiro atoms. The number of hydrazine groups is 1. The number of hydrogen-bond donors (Lipinski definition) is 2. The van der Waals surface area contributed by atoms with Crippen molar-refractivity contribution in [1.29, 1.82) is 0 Å². The quantitative estimate of drug-likeness (QED) is 0.279. The monoisotopic (exact) mass is 588 g/mol. The van der Waals surface area contributed by atoms with Gasteiger partial charge in [0.05, 0.1) is 12.6 Å². The maximum Gasteiger partial charge on any atom is 0.268 e. The van der Waals surface area contributed by atoms with Crippen molar-refractivity contribution >= 4 is 40.9 Å². The molecule has 2 heterocycles. The van der Waals surface area contributed by atoms with Crippen molar-refractivity contribution in [3.63, 3.8) is 0 Å². The number of hydrogen-bond acceptors (Lipinski definition) is 8. The molecule has 3 N–H and O–H groups in total. The Kier molecular flexibility index (Phi) is 13.3. The minimum Gasteiger partial charge on any atom is -0.356 e. The Balaban J connectivity index is 1.99. The molecule has 41 heavy (non-hydrogen) atoms. The van der Waals surface area contributed by atoms with Crippen molar-refractivity contribution in [3.8, 4) is 0 Å². The van der Waals surface area contributed by atoms with Gasteiger partial charge in [-0.3, -0.25) is 14.4 Å². The lowest BCUT2D eigenvalue weighted by Gasteiger charge is -2.45. The van der Waals surface area contributed by atoms with Crippen molar-refractivity contribution in [2.24, 2.45) is 11.7 Å². The van der Waals surface area contributed by atoms with Gasteiger partial charge in [0.1, 0.15) is 6.04 Å². The molecule has 0 bridgehead atoms. The van der Waals surface area contributed by atoms with Gasteiger partial charge in [-0.1, -0.05) is 68.5 Å². The van der Waals surface area contributed by atoms with Crippen LogP contribution in [0, 0.1) is 5.92 Å². The Labute approximate surface area is 248 Å². The number of ether oxygens (including phenoxy) is 2. The summed E-state index contributed by atoms with van der Waals surface area (Å²) in [7, 11) is 0. The van der Waals surface area contributed by atoms with Crippen LogP contribution in [-0.2, 0) is 28.7 Å². The van der Waals surface area contributed by atoms with Crippen LogP contribution < -0.4 is 11.2 Å². The minimum atomic E-state index is -1.14. The van der Waals surface area contributed by atoms with Crippen LogP contribution in [0.25, 0.3) is 6.08 Å². The molecule has 1 aromatic carbocycles. The van der Waals surface area contributed by atoms with Gasteiger partial charge in [-0.25, -0.2) is 20.3 Å². The zero-order valence-electron chi connectivity index (χ0n) is 24.3. The highest BCUT2D eigenvalue weighted by Gasteiger charge is 2.42. The molecular weight excluding hydrogens is 544 g/mol. The van der Waals surface area contributed by atoms with Crippen LogP contribution in [0.3, 0.4) is 0 Å². The number of rotatable bonds is 12. The number of nitrogens with zero attached hydrogens (tertiary/aromatic N) is 2. The SMILES string of the molecule is CC(C)CCC(=O)N([C@@H](CC=Cc1ccccc1)C(=O)NOC1CCCCO1)N(C(=O)[C@@H](C)N)[C@H]1CC(=S)CCO1. The normalized spacial score (nSPS) is 21.0. The van der Waals surface area contributed by atoms with Crippen LogP contribution in [0.2, 0.25) is 0 Å². The van der Waals surface area contributed by atoms with E-state index in [0.717, 1.165) is 23.3 Å². The summed E-state index contributed by atoms with van der Waals surface area (Å²) < 4.78 is 11.6. The van der Waals surface area contributed by atoms with E-state index in [-0.39, 0.29) is 25.2 Å². The molecule has 2 fully saturated rings. The first-order valence-electron chi connectivity index (χ1n) is 14.5. The molecule has 3 rings (SSSR count). The predicted molar refractivity (Wildman–Crippen MR) is 160 cm³/mol. The molecule has 0 aliphatic carbocycles. The summed E-state index contributed by atoms with van der Waals surface area (Å²) in [6, 6.07) is 7.52. The zero-order valence-corrected chi connectivity index (χ0v) is 25.1. The predicted octanol–water partition coefficient (Wildman–Crippen LogP) is 3.89. The highest BCUT2D eigenvalue weighted by atomic mass is 32.1. The maximum atomic E-state index is 14.0. The molecule has 2 aliphatic rings. The fourth-order valence-corrected chi connectivity index (χ4v) is 4.82. The highest BCUT2D eigenvalue weighted by molar-refractivity contribution is 7.80. The lowest BCUT2D eigenvalue weighted by atomic mass is 10.1. The number of nitrogens with one attached hydrogen (secondary N) is 1. The second-order valence-corrected chi connectivity index (χ2v) is 11.5. The molecular formula is C30H44N4O6S. The van der Waals surface area contributed by atoms with E-state index in [1.807, 2.05) is 50.3 Å². The van der Waals surface area contributed by atoms with E-state index >= 15 is 0 Å². The van der Waals surface area contributed by atoms with Gasteiger partial charge >= 0.3 is 0 Å². The van der Waals surface area contributed by atoms with Gasteiger partial charge in [-0.2, -0.15) is 0 Å². The average molecular weight is 589 g/mol. The third kappa shape index (κ3) is 10.3. The standard InChI is InChI=1S/C30H44N4O6S/c1-21(2)15-16-26(35)33(34(30(37)22(3)31)27-20-24(41)17-19-38-27)25(13-9-12-23-10-5-4-6-11-23)29(36)32-40-28-14-7-8-18-39-28/h4-6,9-12,21-22,25,27-28H,7-8,13-20,31H2,1-3H3,(H,32,36)/t22-,25+,27-,28?/m1/s1. The third-order valence-electron chi connectivity index (χ3n) is 6.90. The second-order valence-electron chi connectivity index (χ2n) is 10.9. The van der Waals surface area contributed by atoms with Crippen molar-refractivity contribution < 1.29 is 28.7 Å². The summed E-state index contributed by atoms with van der Waals surface area (Å²) in [4.78, 5) is 47.7. The van der Waals surface area contributed by atoms with Crippen LogP contribution in [0.1, 0.15) is 77.7 Å². The summed E-state index contributed by atoms with van der Waals surface area (Å²) in [5, 5.41) is 2.44. The van der Waals surface area contributed by atoms with E-state index < -0.39 is 42.3 Å². The summed E-state index contributed by atoms with van der Waals surface area (Å²) in [6.45, 7) is 6.40. The Morgan fingerprint density at radius 3 is 2.54 bits per heavy atom. The number of hydroxylamine groups is 1. The number of nitrogens with two attached hydrogens (primary N) is 1. The van der Waals surface area contributed by atoms with E-state index in [1.165, 1.54) is 10.0 Å². The van der Waals surface area contributed by atoms with E-state index in [9.17, 15) is 14.4 Å². The number of benzene rings is 1. The second kappa shape index (κ2) is 16.7. The van der Waals surface area contributed by atoms with Crippen LogP contribution >= 0.6 is 12.2 Å². The average Bonchev–Trinajstić information content (AvgIpc) is 2.96. The highest BCUT2D eigenvalue weighted by Crippen LogP contribution is 2.24. The Morgan fingerprint density at radius 2 is 1.90 bits per heavy atom. The summed E-state index contributed by atoms with van der Waals surface area (Å²) in [6.07, 6.45) is 6.32. The van der Waals surface area contributed by atoms with Gasteiger partial charge in [-0.15, -0.1) is 0 Å². The molecule has 3 amide bonds. The third-order valence-corrected chi connectivity index (χ3v) is 7.27. The molecule has 1 aromatic rings. The van der Waals surface area contributed by atoms with Crippen molar-refractivity contribution in [1.82, 2.24) is 15.5 Å². The van der Waals surface area contributed by atoms with Crippen molar-refractivity contribution in [3.05, 3.63) is 42.0 Å². The topological polar surface area (TPSA) is 123 Å². The van der Waals surface area contributed by atoms with Crippen LogP contribution in [0.5, 0.6) is 0 Å². The minimum absolute atomic E-state index is 0.100. The molecule has 226 valence electrons. The lowest BCUT2D eigenvalue weighted by Crippen LogP contribution is -2.65. The molecule has 0 aromatic heterocycles. The van der Waals surface area contributed by atoms with Crippen LogP contribution in [0.4, 0.5) is 0 Å². The molecule has 10 nitrogen and oxygen atoms in total. The van der Waals surface area contributed by atoms with Gasteiger partial charge in [0.15, 0.2) is 12.5 Å². The van der Waals surface area contributed by atoms with Gasteiger partial charge in [-0.05, 0) is 49.0 Å². The molecule has 4 atom stereocenters. The number of carbonyl (C=O) groups is 3. The molecule has 0 saturated carbocycles. The molecule has 2 aliphatic heterocycles. The van der Waals surface area contributed by atoms with Crippen molar-refractivity contribution in [2.45, 2.75) is 96.7 Å². The smallest absolute Gasteiger partial charge is 0.268 e. The maximum absolute atomic E-state index is 14.0. The lowest BCUT2D eigenvalue weighted by molar-refractivity contribution is -0.215. The first-order valence-corrected chi connectivity index (χ1v) is 14.9. The van der Waals surface area contributed by atoms with Gasteiger partial charge < -0.3 is 15.2 Å². The molecule has 0 radical (unpaired) electrons. The van der Waals surface area contributed by atoms with Crippen molar-refractivity contribution in [2.75, 3.05) is 13.2 Å². The fourth-order valence-electron chi connectivity index (χ4n) is 4.60. The van der Waals surface area contributed by atoms with E-state index in [1.54, 1.807) is 13.0 Å². The zero-order chi connectivity index (χ0) is 29.8. The Hall–Kier alpha value is -2.70. The van der Waals surface area contributed by atoms with E-state index in [4.69, 9.17) is 32.3 Å². The molecule has 11 heteroatoms. The first kappa shape index (κ1) is 32.8. The first-order chi connectivity index (χ1) is 19.7. The summed E-state index contributed by atoms with van der Waals surface area (Å²) in [5.41, 5.74) is 9.51. The van der Waals surface area contributed by atoms with E-state index in [2.05, 4.69) is 5.48 Å². The van der Waals surface area contributed by atoms with Gasteiger partial charge in [0.25, 0.3) is 11.8 Å². The van der Waals surface area contributed by atoms with Gasteiger partial charge in [0, 0.05) is 32.3 Å². The number of thiocarbonyl (C=S) groups is 1. The molecule has 1 unspecified atom stereocenters. The van der Waals surface area contributed by atoms with Crippen LogP contribution in [0.15, 0.2) is 36.4 Å². The Bertz CT molecular complexity index is 1040. The van der Waals surface area contributed by atoms with Gasteiger partial charge in [0.2, 0.25) is 5.91 Å². The Morgan fingerprint density at radius 1 is 1.15 bits per heavy atom. The summed E-state index contributed by atoms with van der Waals surface area (Å²) in [5.74, 6) is -1.29. The van der Waals surface area contributed by atoms with Crippen LogP contribution in [-0.4, -0.2) is 70.4 Å². The largest absolute Gasteiger partial charge is 0.356 e. The fraction of sp³-hybridized carbons (Fsp3) is 0.600. The number of carbonyl (C=O) groups excluding carboxylic acids is 3. The summed E-state index contributed by atoms with van der Waals surface area (Å²) >= 11 is 5.47.